The first-order chi connectivity index (χ1) is 8.40. The smallest absolute Gasteiger partial charge is 0.115 e. The zero-order chi connectivity index (χ0) is 11.9. The van der Waals surface area contributed by atoms with Gasteiger partial charge in [-0.25, -0.2) is 9.97 Å². The third-order valence-electron chi connectivity index (χ3n) is 3.31. The van der Waals surface area contributed by atoms with Crippen LogP contribution in [0.1, 0.15) is 31.9 Å². The van der Waals surface area contributed by atoms with Gasteiger partial charge in [-0.15, -0.1) is 0 Å². The van der Waals surface area contributed by atoms with Crippen molar-refractivity contribution in [3.63, 3.8) is 0 Å². The van der Waals surface area contributed by atoms with E-state index < -0.39 is 0 Å². The van der Waals surface area contributed by atoms with Crippen molar-refractivity contribution in [2.24, 2.45) is 0 Å². The quantitative estimate of drug-likeness (QED) is 0.837. The van der Waals surface area contributed by atoms with E-state index in [9.17, 15) is 0 Å². The molecule has 2 rings (SSSR count). The van der Waals surface area contributed by atoms with E-state index in [-0.39, 0.29) is 0 Å². The molecule has 1 fully saturated rings. The Morgan fingerprint density at radius 2 is 2.47 bits per heavy atom. The molecule has 1 aromatic heterocycles. The van der Waals surface area contributed by atoms with E-state index in [1.165, 1.54) is 25.8 Å². The number of hydrogen-bond donors (Lipinski definition) is 1. The van der Waals surface area contributed by atoms with Crippen molar-refractivity contribution >= 4 is 0 Å². The number of hydrogen-bond acceptors (Lipinski definition) is 4. The van der Waals surface area contributed by atoms with Crippen molar-refractivity contribution in [1.82, 2.24) is 20.2 Å². The minimum Gasteiger partial charge on any atom is -0.315 e. The second-order valence-corrected chi connectivity index (χ2v) is 4.67. The molecule has 4 nitrogen and oxygen atoms in total. The maximum atomic E-state index is 4.32. The molecule has 1 saturated heterocycles. The van der Waals surface area contributed by atoms with Crippen LogP contribution in [0.15, 0.2) is 18.6 Å². The number of rotatable bonds is 5. The highest BCUT2D eigenvalue weighted by atomic mass is 15.2. The van der Waals surface area contributed by atoms with E-state index >= 15 is 0 Å². The monoisotopic (exact) mass is 234 g/mol. The largest absolute Gasteiger partial charge is 0.315 e. The van der Waals surface area contributed by atoms with Gasteiger partial charge >= 0.3 is 0 Å². The third kappa shape index (κ3) is 3.75. The van der Waals surface area contributed by atoms with E-state index in [0.29, 0.717) is 6.04 Å². The van der Waals surface area contributed by atoms with Crippen molar-refractivity contribution in [2.75, 3.05) is 19.6 Å². The van der Waals surface area contributed by atoms with Crippen LogP contribution in [0.5, 0.6) is 0 Å². The third-order valence-corrected chi connectivity index (χ3v) is 3.31. The molecule has 1 N–H and O–H groups in total. The van der Waals surface area contributed by atoms with Crippen molar-refractivity contribution in [2.45, 2.75) is 38.8 Å². The molecular weight excluding hydrogens is 212 g/mol. The van der Waals surface area contributed by atoms with Crippen molar-refractivity contribution in [3.8, 4) is 0 Å². The Labute approximate surface area is 103 Å². The molecule has 0 bridgehead atoms. The van der Waals surface area contributed by atoms with E-state index in [0.717, 1.165) is 25.3 Å². The molecule has 0 radical (unpaired) electrons. The van der Waals surface area contributed by atoms with Crippen LogP contribution in [0.3, 0.4) is 0 Å². The van der Waals surface area contributed by atoms with Crippen LogP contribution >= 0.6 is 0 Å². The lowest BCUT2D eigenvalue weighted by Gasteiger charge is -2.34. The van der Waals surface area contributed by atoms with Crippen LogP contribution in [0.2, 0.25) is 0 Å². The number of nitrogens with zero attached hydrogens (tertiary/aromatic N) is 3. The average molecular weight is 234 g/mol. The van der Waals surface area contributed by atoms with Crippen molar-refractivity contribution in [1.29, 1.82) is 0 Å². The highest BCUT2D eigenvalue weighted by molar-refractivity contribution is 4.98. The predicted octanol–water partition coefficient (Wildman–Crippen LogP) is 1.44. The van der Waals surface area contributed by atoms with Gasteiger partial charge in [0.05, 0.1) is 5.69 Å². The molecule has 0 saturated carbocycles. The van der Waals surface area contributed by atoms with E-state index in [1.54, 1.807) is 6.33 Å². The van der Waals surface area contributed by atoms with Gasteiger partial charge in [0.2, 0.25) is 0 Å². The molecule has 4 heteroatoms. The van der Waals surface area contributed by atoms with Gasteiger partial charge < -0.3 is 5.32 Å². The fraction of sp³-hybridized carbons (Fsp3) is 0.692. The molecule has 1 atom stereocenters. The normalized spacial score (nSPS) is 20.7. The maximum Gasteiger partial charge on any atom is 0.115 e. The van der Waals surface area contributed by atoms with Crippen molar-refractivity contribution < 1.29 is 0 Å². The summed E-state index contributed by atoms with van der Waals surface area (Å²) < 4.78 is 0. The van der Waals surface area contributed by atoms with Gasteiger partial charge in [0.1, 0.15) is 6.33 Å². The molecule has 94 valence electrons. The number of piperidine rings is 1. The fourth-order valence-corrected chi connectivity index (χ4v) is 2.44. The average Bonchev–Trinajstić information content (AvgIpc) is 2.40. The first-order valence-corrected chi connectivity index (χ1v) is 6.60. The standard InChI is InChI=1S/C13H22N4/c1-2-8-17(13-4-3-6-14-9-13)10-12-5-7-15-11-16-12/h5,7,11,13-14H,2-4,6,8-10H2,1H3. The second kappa shape index (κ2) is 6.67. The summed E-state index contributed by atoms with van der Waals surface area (Å²) in [6.45, 7) is 6.62. The van der Waals surface area contributed by atoms with Crippen LogP contribution in [0, 0.1) is 0 Å². The lowest BCUT2D eigenvalue weighted by Crippen LogP contribution is -2.46. The van der Waals surface area contributed by atoms with Gasteiger partial charge in [-0.1, -0.05) is 6.92 Å². The van der Waals surface area contributed by atoms with Gasteiger partial charge in [-0.3, -0.25) is 4.90 Å². The molecule has 0 aromatic carbocycles. The summed E-state index contributed by atoms with van der Waals surface area (Å²) in [5.74, 6) is 0. The minimum absolute atomic E-state index is 0.665. The Hall–Kier alpha value is -1.00. The maximum absolute atomic E-state index is 4.32. The molecule has 17 heavy (non-hydrogen) atoms. The molecule has 1 aromatic rings. The lowest BCUT2D eigenvalue weighted by molar-refractivity contribution is 0.156. The molecule has 1 unspecified atom stereocenters. The van der Waals surface area contributed by atoms with Crippen molar-refractivity contribution in [3.05, 3.63) is 24.3 Å². The van der Waals surface area contributed by atoms with Crippen LogP contribution in [0.25, 0.3) is 0 Å². The summed E-state index contributed by atoms with van der Waals surface area (Å²) in [5.41, 5.74) is 1.12. The van der Waals surface area contributed by atoms with E-state index in [4.69, 9.17) is 0 Å². The Balaban J connectivity index is 1.96. The second-order valence-electron chi connectivity index (χ2n) is 4.67. The fourth-order valence-electron chi connectivity index (χ4n) is 2.44. The number of nitrogens with one attached hydrogen (secondary N) is 1. The lowest BCUT2D eigenvalue weighted by atomic mass is 10.1. The first-order valence-electron chi connectivity index (χ1n) is 6.60. The van der Waals surface area contributed by atoms with Gasteiger partial charge in [0.15, 0.2) is 0 Å². The molecule has 2 heterocycles. The molecule has 1 aliphatic rings. The molecular formula is C13H22N4. The van der Waals surface area contributed by atoms with Gasteiger partial charge in [-0.05, 0) is 38.4 Å². The minimum atomic E-state index is 0.665. The Kier molecular flexibility index (Phi) is 4.88. The summed E-state index contributed by atoms with van der Waals surface area (Å²) in [7, 11) is 0. The molecule has 1 aliphatic heterocycles. The Bertz CT molecular complexity index is 308. The predicted molar refractivity (Wildman–Crippen MR) is 68.6 cm³/mol. The number of aromatic nitrogens is 2. The van der Waals surface area contributed by atoms with Crippen LogP contribution in [-0.2, 0) is 6.54 Å². The molecule has 0 spiro atoms. The van der Waals surface area contributed by atoms with Gasteiger partial charge in [-0.2, -0.15) is 0 Å². The van der Waals surface area contributed by atoms with Gasteiger partial charge in [0.25, 0.3) is 0 Å². The van der Waals surface area contributed by atoms with E-state index in [1.807, 2.05) is 12.3 Å². The summed E-state index contributed by atoms with van der Waals surface area (Å²) in [5, 5.41) is 3.49. The van der Waals surface area contributed by atoms with Crippen LogP contribution in [-0.4, -0.2) is 40.5 Å². The first kappa shape index (κ1) is 12.5. The molecule has 0 amide bonds. The Morgan fingerprint density at radius 3 is 3.12 bits per heavy atom. The summed E-state index contributed by atoms with van der Waals surface area (Å²) >= 11 is 0. The Morgan fingerprint density at radius 1 is 1.53 bits per heavy atom. The molecule has 0 aliphatic carbocycles. The SMILES string of the molecule is CCCN(Cc1ccncn1)C1CCCNC1. The topological polar surface area (TPSA) is 41.1 Å². The summed E-state index contributed by atoms with van der Waals surface area (Å²) in [6, 6.07) is 2.68. The van der Waals surface area contributed by atoms with Gasteiger partial charge in [0, 0.05) is 25.3 Å². The zero-order valence-corrected chi connectivity index (χ0v) is 10.6. The summed E-state index contributed by atoms with van der Waals surface area (Å²) in [4.78, 5) is 10.8. The highest BCUT2D eigenvalue weighted by Crippen LogP contribution is 2.13. The summed E-state index contributed by atoms with van der Waals surface area (Å²) in [6.07, 6.45) is 7.25. The highest BCUT2D eigenvalue weighted by Gasteiger charge is 2.20. The zero-order valence-electron chi connectivity index (χ0n) is 10.6. The van der Waals surface area contributed by atoms with Crippen LogP contribution in [0.4, 0.5) is 0 Å². The van der Waals surface area contributed by atoms with E-state index in [2.05, 4.69) is 27.1 Å². The van der Waals surface area contributed by atoms with Crippen LogP contribution < -0.4 is 5.32 Å².